The van der Waals surface area contributed by atoms with Crippen LogP contribution in [-0.4, -0.2) is 4.98 Å². The largest absolute Gasteiger partial charge is 0.381 e. The summed E-state index contributed by atoms with van der Waals surface area (Å²) in [6, 6.07) is 27.2. The van der Waals surface area contributed by atoms with Crippen molar-refractivity contribution in [3.05, 3.63) is 84.4 Å². The summed E-state index contributed by atoms with van der Waals surface area (Å²) >= 11 is 0. The highest BCUT2D eigenvalue weighted by molar-refractivity contribution is 5.93. The molecule has 0 bridgehead atoms. The van der Waals surface area contributed by atoms with Gasteiger partial charge in [-0.15, -0.1) is 0 Å². The molecule has 0 fully saturated rings. The number of nitrogens with one attached hydrogen (secondary N) is 1. The lowest BCUT2D eigenvalue weighted by molar-refractivity contribution is 1.15. The van der Waals surface area contributed by atoms with Crippen LogP contribution >= 0.6 is 0 Å². The minimum Gasteiger partial charge on any atom is -0.381 e. The first-order chi connectivity index (χ1) is 10.9. The lowest BCUT2D eigenvalue weighted by atomic mass is 10.1. The second-order valence-electron chi connectivity index (χ2n) is 5.43. The number of nitrogens with zero attached hydrogens (tertiary/aromatic N) is 1. The number of anilines is 1. The SMILES string of the molecule is c1ccc(CNc2ccc3nc4ccccc4cc3c2)cc1. The van der Waals surface area contributed by atoms with Crippen LogP contribution in [0.4, 0.5) is 5.69 Å². The highest BCUT2D eigenvalue weighted by Gasteiger charge is 2.01. The molecular formula is C20H16N2. The average Bonchev–Trinajstić information content (AvgIpc) is 2.59. The summed E-state index contributed by atoms with van der Waals surface area (Å²) in [4.78, 5) is 4.71. The number of pyridine rings is 1. The molecule has 4 aromatic rings. The number of para-hydroxylation sites is 1. The second kappa shape index (κ2) is 5.49. The van der Waals surface area contributed by atoms with Crippen LogP contribution in [0.5, 0.6) is 0 Å². The standard InChI is InChI=1S/C20H16N2/c1-2-6-15(7-3-1)14-21-18-10-11-20-17(13-18)12-16-8-4-5-9-19(16)22-20/h1-13,21H,14H2. The second-order valence-corrected chi connectivity index (χ2v) is 5.43. The number of aromatic nitrogens is 1. The van der Waals surface area contributed by atoms with Crippen molar-refractivity contribution in [2.75, 3.05) is 5.32 Å². The average molecular weight is 284 g/mol. The maximum absolute atomic E-state index is 4.71. The Hall–Kier alpha value is -2.87. The Labute approximate surface area is 129 Å². The van der Waals surface area contributed by atoms with Gasteiger partial charge in [0.1, 0.15) is 0 Å². The van der Waals surface area contributed by atoms with E-state index in [0.29, 0.717) is 0 Å². The van der Waals surface area contributed by atoms with Crippen molar-refractivity contribution >= 4 is 27.5 Å². The zero-order chi connectivity index (χ0) is 14.8. The number of fused-ring (bicyclic) bond motifs is 2. The molecule has 22 heavy (non-hydrogen) atoms. The Balaban J connectivity index is 1.66. The van der Waals surface area contributed by atoms with Gasteiger partial charge >= 0.3 is 0 Å². The van der Waals surface area contributed by atoms with Crippen LogP contribution in [0.15, 0.2) is 78.9 Å². The van der Waals surface area contributed by atoms with Gasteiger partial charge in [-0.3, -0.25) is 0 Å². The molecule has 2 nitrogen and oxygen atoms in total. The molecule has 3 aromatic carbocycles. The van der Waals surface area contributed by atoms with Crippen molar-refractivity contribution in [1.29, 1.82) is 0 Å². The Morgan fingerprint density at radius 2 is 1.45 bits per heavy atom. The smallest absolute Gasteiger partial charge is 0.0711 e. The summed E-state index contributed by atoms with van der Waals surface area (Å²) in [5, 5.41) is 5.81. The first-order valence-corrected chi connectivity index (χ1v) is 7.46. The highest BCUT2D eigenvalue weighted by Crippen LogP contribution is 2.22. The molecule has 0 aliphatic heterocycles. The third kappa shape index (κ3) is 2.51. The third-order valence-corrected chi connectivity index (χ3v) is 3.86. The molecule has 0 saturated carbocycles. The van der Waals surface area contributed by atoms with Gasteiger partial charge in [-0.1, -0.05) is 48.5 Å². The molecule has 106 valence electrons. The van der Waals surface area contributed by atoms with E-state index in [0.717, 1.165) is 28.7 Å². The highest BCUT2D eigenvalue weighted by atomic mass is 14.9. The Bertz CT molecular complexity index is 930. The predicted octanol–water partition coefficient (Wildman–Crippen LogP) is 5.00. The quantitative estimate of drug-likeness (QED) is 0.535. The normalized spacial score (nSPS) is 10.9. The van der Waals surface area contributed by atoms with Crippen LogP contribution in [0.2, 0.25) is 0 Å². The Morgan fingerprint density at radius 3 is 2.36 bits per heavy atom. The molecule has 2 heteroatoms. The summed E-state index contributed by atoms with van der Waals surface area (Å²) in [5.41, 5.74) is 4.47. The van der Waals surface area contributed by atoms with E-state index in [9.17, 15) is 0 Å². The van der Waals surface area contributed by atoms with E-state index in [-0.39, 0.29) is 0 Å². The molecule has 0 amide bonds. The maximum atomic E-state index is 4.71. The van der Waals surface area contributed by atoms with Crippen molar-refractivity contribution in [3.63, 3.8) is 0 Å². The van der Waals surface area contributed by atoms with Crippen LogP contribution in [0.25, 0.3) is 21.8 Å². The maximum Gasteiger partial charge on any atom is 0.0711 e. The van der Waals surface area contributed by atoms with Crippen LogP contribution in [0.3, 0.4) is 0 Å². The summed E-state index contributed by atoms with van der Waals surface area (Å²) in [5.74, 6) is 0. The van der Waals surface area contributed by atoms with Gasteiger partial charge in [0.05, 0.1) is 11.0 Å². The van der Waals surface area contributed by atoms with E-state index in [2.05, 4.69) is 66.0 Å². The van der Waals surface area contributed by atoms with Gasteiger partial charge in [0.15, 0.2) is 0 Å². The van der Waals surface area contributed by atoms with Crippen molar-refractivity contribution in [3.8, 4) is 0 Å². The van der Waals surface area contributed by atoms with E-state index in [4.69, 9.17) is 4.98 Å². The Kier molecular flexibility index (Phi) is 3.20. The molecule has 0 radical (unpaired) electrons. The van der Waals surface area contributed by atoms with Crippen LogP contribution in [0, 0.1) is 0 Å². The summed E-state index contributed by atoms with van der Waals surface area (Å²) in [6.45, 7) is 0.827. The van der Waals surface area contributed by atoms with E-state index < -0.39 is 0 Å². The lowest BCUT2D eigenvalue weighted by Gasteiger charge is -2.08. The fraction of sp³-hybridized carbons (Fsp3) is 0.0500. The number of rotatable bonds is 3. The third-order valence-electron chi connectivity index (χ3n) is 3.86. The zero-order valence-corrected chi connectivity index (χ0v) is 12.2. The van der Waals surface area contributed by atoms with Gasteiger partial charge in [0.2, 0.25) is 0 Å². The molecule has 0 spiro atoms. The van der Waals surface area contributed by atoms with Gasteiger partial charge in [-0.2, -0.15) is 0 Å². The van der Waals surface area contributed by atoms with Crippen molar-refractivity contribution in [2.45, 2.75) is 6.54 Å². The van der Waals surface area contributed by atoms with E-state index in [1.165, 1.54) is 10.9 Å². The van der Waals surface area contributed by atoms with Gasteiger partial charge < -0.3 is 5.32 Å². The number of hydrogen-bond acceptors (Lipinski definition) is 2. The molecule has 0 aliphatic rings. The first kappa shape index (κ1) is 12.8. The van der Waals surface area contributed by atoms with Crippen molar-refractivity contribution < 1.29 is 0 Å². The van der Waals surface area contributed by atoms with E-state index in [1.807, 2.05) is 18.2 Å². The van der Waals surface area contributed by atoms with E-state index in [1.54, 1.807) is 0 Å². The van der Waals surface area contributed by atoms with Crippen LogP contribution < -0.4 is 5.32 Å². The van der Waals surface area contributed by atoms with Crippen molar-refractivity contribution in [1.82, 2.24) is 4.98 Å². The Morgan fingerprint density at radius 1 is 0.682 bits per heavy atom. The minimum atomic E-state index is 0.827. The van der Waals surface area contributed by atoms with Gasteiger partial charge in [0.25, 0.3) is 0 Å². The molecular weight excluding hydrogens is 268 g/mol. The van der Waals surface area contributed by atoms with Gasteiger partial charge in [-0.05, 0) is 35.9 Å². The molecule has 0 atom stereocenters. The number of benzene rings is 3. The fourth-order valence-electron chi connectivity index (χ4n) is 2.69. The molecule has 1 heterocycles. The lowest BCUT2D eigenvalue weighted by Crippen LogP contribution is -1.98. The molecule has 0 aliphatic carbocycles. The van der Waals surface area contributed by atoms with Crippen LogP contribution in [0.1, 0.15) is 5.56 Å². The van der Waals surface area contributed by atoms with E-state index >= 15 is 0 Å². The summed E-state index contributed by atoms with van der Waals surface area (Å²) < 4.78 is 0. The molecule has 0 unspecified atom stereocenters. The van der Waals surface area contributed by atoms with Crippen LogP contribution in [-0.2, 0) is 6.54 Å². The first-order valence-electron chi connectivity index (χ1n) is 7.46. The molecule has 0 saturated heterocycles. The topological polar surface area (TPSA) is 24.9 Å². The van der Waals surface area contributed by atoms with Crippen molar-refractivity contribution in [2.24, 2.45) is 0 Å². The molecule has 4 rings (SSSR count). The zero-order valence-electron chi connectivity index (χ0n) is 12.2. The monoisotopic (exact) mass is 284 g/mol. The fourth-order valence-corrected chi connectivity index (χ4v) is 2.69. The molecule has 1 aromatic heterocycles. The summed E-state index contributed by atoms with van der Waals surface area (Å²) in [7, 11) is 0. The minimum absolute atomic E-state index is 0.827. The van der Waals surface area contributed by atoms with Gasteiger partial charge in [0, 0.05) is 23.0 Å². The summed E-state index contributed by atoms with van der Waals surface area (Å²) in [6.07, 6.45) is 0. The van der Waals surface area contributed by atoms with Gasteiger partial charge in [-0.25, -0.2) is 4.98 Å². The number of hydrogen-bond donors (Lipinski definition) is 1. The predicted molar refractivity (Wildman–Crippen MR) is 93.0 cm³/mol. The molecule has 1 N–H and O–H groups in total.